The van der Waals surface area contributed by atoms with E-state index in [0.29, 0.717) is 17.6 Å². The molecule has 3 N–H and O–H groups in total. The molecule has 0 aromatic heterocycles. The quantitative estimate of drug-likeness (QED) is 0.334. The Labute approximate surface area is 149 Å². The molecule has 0 bridgehead atoms. The highest BCUT2D eigenvalue weighted by Gasteiger charge is 2.10. The Hall–Kier alpha value is -1.44. The van der Waals surface area contributed by atoms with Crippen LogP contribution in [-0.4, -0.2) is 26.7 Å². The Morgan fingerprint density at radius 1 is 1.32 bits per heavy atom. The number of hydrogen-bond acceptors (Lipinski definition) is 3. The van der Waals surface area contributed by atoms with Gasteiger partial charge in [-0.25, -0.2) is 0 Å². The Morgan fingerprint density at radius 3 is 2.77 bits per heavy atom. The third kappa shape index (κ3) is 5.40. The fraction of sp³-hybridized carbons (Fsp3) is 0.438. The summed E-state index contributed by atoms with van der Waals surface area (Å²) in [5, 5.41) is 3.08. The number of anilines is 1. The van der Waals surface area contributed by atoms with Crippen molar-refractivity contribution in [3.8, 4) is 11.5 Å². The molecule has 2 rings (SSSR count). The predicted molar refractivity (Wildman–Crippen MR) is 102 cm³/mol. The van der Waals surface area contributed by atoms with E-state index in [-0.39, 0.29) is 24.0 Å². The average molecular weight is 417 g/mol. The molecule has 0 amide bonds. The van der Waals surface area contributed by atoms with Gasteiger partial charge in [-0.1, -0.05) is 12.2 Å². The molecule has 0 saturated carbocycles. The van der Waals surface area contributed by atoms with Gasteiger partial charge in [0.25, 0.3) is 0 Å². The maximum absolute atomic E-state index is 5.96. The predicted octanol–water partition coefficient (Wildman–Crippen LogP) is 3.40. The van der Waals surface area contributed by atoms with Gasteiger partial charge >= 0.3 is 0 Å². The van der Waals surface area contributed by atoms with Crippen LogP contribution in [0.1, 0.15) is 19.3 Å². The normalized spacial score (nSPS) is 17.5. The van der Waals surface area contributed by atoms with Crippen molar-refractivity contribution in [3.63, 3.8) is 0 Å². The molecule has 0 heterocycles. The minimum atomic E-state index is 0. The molecule has 5 nitrogen and oxygen atoms in total. The van der Waals surface area contributed by atoms with E-state index in [4.69, 9.17) is 15.2 Å². The molecular formula is C16H24IN3O2. The molecule has 0 aliphatic heterocycles. The van der Waals surface area contributed by atoms with E-state index in [0.717, 1.165) is 30.8 Å². The molecule has 22 heavy (non-hydrogen) atoms. The maximum atomic E-state index is 5.96. The third-order valence-corrected chi connectivity index (χ3v) is 3.57. The van der Waals surface area contributed by atoms with Crippen LogP contribution in [0.2, 0.25) is 0 Å². The van der Waals surface area contributed by atoms with E-state index in [2.05, 4.69) is 22.5 Å². The maximum Gasteiger partial charge on any atom is 0.193 e. The monoisotopic (exact) mass is 417 g/mol. The Balaban J connectivity index is 0.00000242. The number of nitrogens with one attached hydrogen (secondary N) is 1. The van der Waals surface area contributed by atoms with Gasteiger partial charge in [0.05, 0.1) is 19.9 Å². The zero-order valence-corrected chi connectivity index (χ0v) is 15.4. The number of ether oxygens (including phenoxy) is 2. The second-order valence-electron chi connectivity index (χ2n) is 5.07. The fourth-order valence-corrected chi connectivity index (χ4v) is 2.34. The van der Waals surface area contributed by atoms with E-state index in [9.17, 15) is 0 Å². The number of hydrogen-bond donors (Lipinski definition) is 2. The zero-order valence-electron chi connectivity index (χ0n) is 13.0. The number of nitrogens with zero attached hydrogens (tertiary/aromatic N) is 1. The largest absolute Gasteiger partial charge is 0.497 e. The van der Waals surface area contributed by atoms with Gasteiger partial charge in [0, 0.05) is 12.6 Å². The summed E-state index contributed by atoms with van der Waals surface area (Å²) in [5.74, 6) is 2.43. The summed E-state index contributed by atoms with van der Waals surface area (Å²) in [6, 6.07) is 5.51. The van der Waals surface area contributed by atoms with Crippen molar-refractivity contribution in [2.24, 2.45) is 16.6 Å². The summed E-state index contributed by atoms with van der Waals surface area (Å²) in [4.78, 5) is 4.43. The van der Waals surface area contributed by atoms with Crippen LogP contribution in [0.3, 0.4) is 0 Å². The SMILES string of the molecule is COc1ccc(OC)c(NC(N)=NCC2CC=CCC2)c1.I. The Kier molecular flexibility index (Phi) is 8.08. The van der Waals surface area contributed by atoms with Gasteiger partial charge in [0.1, 0.15) is 11.5 Å². The lowest BCUT2D eigenvalue weighted by atomic mass is 9.95. The lowest BCUT2D eigenvalue weighted by Gasteiger charge is -2.16. The topological polar surface area (TPSA) is 68.9 Å². The van der Waals surface area contributed by atoms with Crippen molar-refractivity contribution in [3.05, 3.63) is 30.4 Å². The number of rotatable bonds is 5. The van der Waals surface area contributed by atoms with E-state index < -0.39 is 0 Å². The molecule has 0 saturated heterocycles. The van der Waals surface area contributed by atoms with Crippen LogP contribution >= 0.6 is 24.0 Å². The molecule has 0 spiro atoms. The fourth-order valence-electron chi connectivity index (χ4n) is 2.34. The van der Waals surface area contributed by atoms with Crippen molar-refractivity contribution in [2.45, 2.75) is 19.3 Å². The second kappa shape index (κ2) is 9.55. The molecule has 1 aromatic carbocycles. The molecule has 122 valence electrons. The van der Waals surface area contributed by atoms with Gasteiger partial charge in [-0.05, 0) is 37.3 Å². The number of guanidine groups is 1. The smallest absolute Gasteiger partial charge is 0.193 e. The number of methoxy groups -OCH3 is 2. The summed E-state index contributed by atoms with van der Waals surface area (Å²) < 4.78 is 10.5. The molecule has 1 aliphatic carbocycles. The van der Waals surface area contributed by atoms with E-state index in [1.54, 1.807) is 14.2 Å². The highest BCUT2D eigenvalue weighted by atomic mass is 127. The molecule has 1 unspecified atom stereocenters. The summed E-state index contributed by atoms with van der Waals surface area (Å²) in [6.07, 6.45) is 7.84. The van der Waals surface area contributed by atoms with E-state index in [1.807, 2.05) is 18.2 Å². The van der Waals surface area contributed by atoms with Gasteiger partial charge in [-0.2, -0.15) is 0 Å². The third-order valence-electron chi connectivity index (χ3n) is 3.57. The van der Waals surface area contributed by atoms with Crippen molar-refractivity contribution >= 4 is 35.6 Å². The average Bonchev–Trinajstić information content (AvgIpc) is 2.54. The van der Waals surface area contributed by atoms with Gasteiger partial charge < -0.3 is 20.5 Å². The highest BCUT2D eigenvalue weighted by molar-refractivity contribution is 14.0. The number of allylic oxidation sites excluding steroid dienone is 2. The summed E-state index contributed by atoms with van der Waals surface area (Å²) in [5.41, 5.74) is 6.71. The van der Waals surface area contributed by atoms with Crippen LogP contribution in [0.5, 0.6) is 11.5 Å². The molecule has 6 heteroatoms. The number of halogens is 1. The Bertz CT molecular complexity index is 532. The molecule has 0 radical (unpaired) electrons. The number of aliphatic imine (C=N–C) groups is 1. The van der Waals surface area contributed by atoms with Crippen LogP contribution in [0.15, 0.2) is 35.3 Å². The van der Waals surface area contributed by atoms with Gasteiger partial charge in [0.15, 0.2) is 5.96 Å². The lowest BCUT2D eigenvalue weighted by Crippen LogP contribution is -2.24. The number of nitrogens with two attached hydrogens (primary N) is 1. The minimum absolute atomic E-state index is 0. The van der Waals surface area contributed by atoms with Crippen LogP contribution in [-0.2, 0) is 0 Å². The number of benzene rings is 1. The van der Waals surface area contributed by atoms with Crippen molar-refractivity contribution in [2.75, 3.05) is 26.1 Å². The molecular weight excluding hydrogens is 393 g/mol. The molecule has 1 atom stereocenters. The molecule has 1 aromatic rings. The van der Waals surface area contributed by atoms with Crippen molar-refractivity contribution < 1.29 is 9.47 Å². The first-order valence-corrected chi connectivity index (χ1v) is 7.17. The van der Waals surface area contributed by atoms with Crippen LogP contribution in [0.4, 0.5) is 5.69 Å². The van der Waals surface area contributed by atoms with Crippen LogP contribution < -0.4 is 20.5 Å². The Morgan fingerprint density at radius 2 is 2.14 bits per heavy atom. The van der Waals surface area contributed by atoms with Crippen molar-refractivity contribution in [1.82, 2.24) is 0 Å². The summed E-state index contributed by atoms with van der Waals surface area (Å²) >= 11 is 0. The standard InChI is InChI=1S/C16H23N3O2.HI/c1-20-13-8-9-15(21-2)14(10-13)19-16(17)18-11-12-6-4-3-5-7-12;/h3-4,8-10,12H,5-7,11H2,1-2H3,(H3,17,18,19);1H. The van der Waals surface area contributed by atoms with Gasteiger partial charge in [0.2, 0.25) is 0 Å². The lowest BCUT2D eigenvalue weighted by molar-refractivity contribution is 0.405. The second-order valence-corrected chi connectivity index (χ2v) is 5.07. The minimum Gasteiger partial charge on any atom is -0.497 e. The van der Waals surface area contributed by atoms with Gasteiger partial charge in [-0.3, -0.25) is 4.99 Å². The molecule has 1 aliphatic rings. The zero-order chi connectivity index (χ0) is 15.1. The first-order chi connectivity index (χ1) is 10.2. The van der Waals surface area contributed by atoms with Crippen molar-refractivity contribution in [1.29, 1.82) is 0 Å². The van der Waals surface area contributed by atoms with E-state index in [1.165, 1.54) is 6.42 Å². The van der Waals surface area contributed by atoms with E-state index >= 15 is 0 Å². The first kappa shape index (κ1) is 18.6. The molecule has 0 fully saturated rings. The summed E-state index contributed by atoms with van der Waals surface area (Å²) in [7, 11) is 3.24. The van der Waals surface area contributed by atoms with Crippen LogP contribution in [0.25, 0.3) is 0 Å². The summed E-state index contributed by atoms with van der Waals surface area (Å²) in [6.45, 7) is 0.745. The van der Waals surface area contributed by atoms with Crippen LogP contribution in [0, 0.1) is 5.92 Å². The highest BCUT2D eigenvalue weighted by Crippen LogP contribution is 2.28. The first-order valence-electron chi connectivity index (χ1n) is 7.17. The van der Waals surface area contributed by atoms with Gasteiger partial charge in [-0.15, -0.1) is 24.0 Å².